The molecule has 2 unspecified atom stereocenters. The fourth-order valence-corrected chi connectivity index (χ4v) is 10.1. The van der Waals surface area contributed by atoms with Crippen LogP contribution in [0.2, 0.25) is 0 Å². The number of sulfone groups is 1. The Kier molecular flexibility index (Phi) is 9.14. The van der Waals surface area contributed by atoms with Crippen LogP contribution in [0.3, 0.4) is 0 Å². The molecule has 1 fully saturated rings. The molecule has 1 amide bonds. The van der Waals surface area contributed by atoms with Crippen LogP contribution in [-0.2, 0) is 45.8 Å². The molecule has 20 heteroatoms. The smallest absolute Gasteiger partial charge is 0.381 e. The molecule has 7 nitrogen and oxygen atoms in total. The molecule has 3 aliphatic rings. The summed E-state index contributed by atoms with van der Waals surface area (Å²) in [6, 6.07) is 3.43. The van der Waals surface area contributed by atoms with Crippen molar-refractivity contribution in [2.24, 2.45) is 11.8 Å². The molecule has 1 aliphatic heterocycles. The van der Waals surface area contributed by atoms with E-state index in [2.05, 4.69) is 4.18 Å². The van der Waals surface area contributed by atoms with E-state index in [1.807, 2.05) is 0 Å². The molecule has 5 rings (SSSR count). The van der Waals surface area contributed by atoms with Crippen LogP contribution in [0, 0.1) is 17.7 Å². The number of rotatable bonds is 6. The van der Waals surface area contributed by atoms with Crippen molar-refractivity contribution >= 4 is 25.9 Å². The van der Waals surface area contributed by atoms with Gasteiger partial charge in [-0.1, -0.05) is 31.2 Å². The lowest BCUT2D eigenvalue weighted by molar-refractivity contribution is -0.348. The molecule has 0 spiro atoms. The van der Waals surface area contributed by atoms with Crippen molar-refractivity contribution in [3.05, 3.63) is 76.8 Å². The number of carbonyl (C=O) groups is 1. The Bertz CT molecular complexity index is 1930. The third kappa shape index (κ3) is 5.82. The number of nitrogens with zero attached hydrogens (tertiary/aromatic N) is 1. The maximum absolute atomic E-state index is 15.0. The number of halogens is 11. The van der Waals surface area contributed by atoms with Gasteiger partial charge in [-0.3, -0.25) is 4.79 Å². The van der Waals surface area contributed by atoms with Gasteiger partial charge in [0.25, 0.3) is 0 Å². The minimum Gasteiger partial charge on any atom is -0.381 e. The Labute approximate surface area is 278 Å². The van der Waals surface area contributed by atoms with Gasteiger partial charge in [0.15, 0.2) is 9.84 Å². The summed E-state index contributed by atoms with van der Waals surface area (Å²) in [5.41, 5.74) is -14.1. The second-order valence-corrected chi connectivity index (χ2v) is 16.1. The van der Waals surface area contributed by atoms with Gasteiger partial charge in [-0.2, -0.15) is 47.9 Å². The zero-order chi connectivity index (χ0) is 37.5. The van der Waals surface area contributed by atoms with E-state index < -0.39 is 113 Å². The normalized spacial score (nSPS) is 25.1. The van der Waals surface area contributed by atoms with E-state index in [1.54, 1.807) is 0 Å². The second kappa shape index (κ2) is 12.1. The van der Waals surface area contributed by atoms with E-state index in [9.17, 15) is 65.5 Å². The third-order valence-electron chi connectivity index (χ3n) is 9.56. The first-order valence-corrected chi connectivity index (χ1v) is 17.7. The first-order chi connectivity index (χ1) is 22.8. The summed E-state index contributed by atoms with van der Waals surface area (Å²) in [5.74, 6) is -4.18. The predicted molar refractivity (Wildman–Crippen MR) is 151 cm³/mol. The van der Waals surface area contributed by atoms with Crippen molar-refractivity contribution in [1.82, 2.24) is 4.90 Å². The highest BCUT2D eigenvalue weighted by Gasteiger charge is 2.74. The molecule has 50 heavy (non-hydrogen) atoms. The van der Waals surface area contributed by atoms with Crippen LogP contribution in [0.4, 0.5) is 48.3 Å². The number of allylic oxidation sites excluding steroid dienone is 2. The van der Waals surface area contributed by atoms with Crippen LogP contribution in [0.25, 0.3) is 0 Å². The van der Waals surface area contributed by atoms with Crippen LogP contribution in [0.1, 0.15) is 49.3 Å². The molecule has 4 atom stereocenters. The van der Waals surface area contributed by atoms with E-state index in [0.717, 1.165) is 29.2 Å². The van der Waals surface area contributed by atoms with Crippen LogP contribution in [-0.4, -0.2) is 58.1 Å². The minimum absolute atomic E-state index is 0.181. The lowest BCUT2D eigenvalue weighted by Crippen LogP contribution is -2.54. The van der Waals surface area contributed by atoms with Crippen LogP contribution in [0.5, 0.6) is 0 Å². The molecule has 0 N–H and O–H groups in total. The maximum Gasteiger partial charge on any atom is 0.534 e. The first-order valence-electron chi connectivity index (χ1n) is 14.8. The molecule has 2 aromatic rings. The number of hydrogen-bond acceptors (Lipinski definition) is 6. The largest absolute Gasteiger partial charge is 0.534 e. The molecule has 0 aromatic heterocycles. The fraction of sp³-hybridized carbons (Fsp3) is 0.500. The van der Waals surface area contributed by atoms with Gasteiger partial charge in [0, 0.05) is 24.4 Å². The predicted octanol–water partition coefficient (Wildman–Crippen LogP) is 7.13. The van der Waals surface area contributed by atoms with Crippen molar-refractivity contribution in [2.75, 3.05) is 6.54 Å². The number of aryl methyl sites for hydroxylation is 1. The molecule has 2 aromatic carbocycles. The van der Waals surface area contributed by atoms with E-state index in [-0.39, 0.29) is 36.6 Å². The number of hydrogen-bond donors (Lipinski definition) is 0. The van der Waals surface area contributed by atoms with E-state index in [0.29, 0.717) is 18.2 Å². The maximum atomic E-state index is 15.0. The Morgan fingerprint density at radius 1 is 0.920 bits per heavy atom. The van der Waals surface area contributed by atoms with Gasteiger partial charge in [0.05, 0.1) is 10.9 Å². The number of fused-ring (bicyclic) bond motifs is 3. The summed E-state index contributed by atoms with van der Waals surface area (Å²) in [6.45, 7) is 1.07. The van der Waals surface area contributed by atoms with Gasteiger partial charge in [-0.05, 0) is 67.0 Å². The monoisotopic (exact) mass is 769 g/mol. The van der Waals surface area contributed by atoms with Gasteiger partial charge < -0.3 is 9.08 Å². The summed E-state index contributed by atoms with van der Waals surface area (Å²) in [7, 11) is -10.8. The average molecular weight is 770 g/mol. The average Bonchev–Trinajstić information content (AvgIpc) is 3.40. The summed E-state index contributed by atoms with van der Waals surface area (Å²) in [5, 5.41) is 0. The van der Waals surface area contributed by atoms with Gasteiger partial charge in [-0.25, -0.2) is 17.2 Å². The number of likely N-dealkylation sites (tertiary alicyclic amines) is 1. The molecule has 276 valence electrons. The number of benzene rings is 2. The number of carbonyl (C=O) groups excluding carboxylic acids is 1. The van der Waals surface area contributed by atoms with Crippen molar-refractivity contribution in [3.8, 4) is 0 Å². The standard InChI is InChI=1S/C30H26F11NO6S2/c1-16-13-20(48-50(46,47)30(39,40)41)7-8-22(16)25(43)42-12-11-26(49(44,45)21-4-2-3-19(31)15-21)23-9-6-18(14-17(23)5-10-24(26)42)27(32,28(33,34)35)29(36,37)38/h2-4,6-7,9,14-16,22,24H,5,8,10-13H2,1H3/t16-,22+,24?,26?/m0/s1. The molecule has 0 saturated carbocycles. The quantitative estimate of drug-likeness (QED) is 0.176. The fourth-order valence-electron chi connectivity index (χ4n) is 7.19. The van der Waals surface area contributed by atoms with Crippen LogP contribution < -0.4 is 0 Å². The van der Waals surface area contributed by atoms with Crippen LogP contribution in [0.15, 0.2) is 59.2 Å². The molecule has 1 saturated heterocycles. The van der Waals surface area contributed by atoms with Crippen LogP contribution >= 0.6 is 0 Å². The van der Waals surface area contributed by atoms with Crippen molar-refractivity contribution in [1.29, 1.82) is 0 Å². The summed E-state index contributed by atoms with van der Waals surface area (Å²) < 4.78 is 203. The zero-order valence-electron chi connectivity index (χ0n) is 25.5. The zero-order valence-corrected chi connectivity index (χ0v) is 27.1. The molecule has 1 heterocycles. The lowest BCUT2D eigenvalue weighted by Gasteiger charge is -2.44. The van der Waals surface area contributed by atoms with E-state index >= 15 is 4.39 Å². The Hall–Kier alpha value is -3.42. The summed E-state index contributed by atoms with van der Waals surface area (Å²) in [4.78, 5) is 14.5. The SMILES string of the molecule is C[C@H]1CC(OS(=O)(=O)C(F)(F)F)=CC[C@H]1C(=O)N1CCC2(S(=O)(=O)c3cccc(F)c3)c3ccc(C(F)(C(F)(F)F)C(F)(F)F)cc3CCC12. The van der Waals surface area contributed by atoms with Crippen molar-refractivity contribution in [2.45, 2.75) is 78.2 Å². The molecular weight excluding hydrogens is 743 g/mol. The highest BCUT2D eigenvalue weighted by Crippen LogP contribution is 2.57. The second-order valence-electron chi connectivity index (χ2n) is 12.4. The number of alkyl halides is 10. The lowest BCUT2D eigenvalue weighted by atomic mass is 9.76. The highest BCUT2D eigenvalue weighted by molar-refractivity contribution is 7.92. The Morgan fingerprint density at radius 3 is 2.12 bits per heavy atom. The minimum atomic E-state index is -6.45. The summed E-state index contributed by atoms with van der Waals surface area (Å²) >= 11 is 0. The van der Waals surface area contributed by atoms with Gasteiger partial charge in [-0.15, -0.1) is 0 Å². The van der Waals surface area contributed by atoms with Gasteiger partial charge >= 0.3 is 33.6 Å². The first kappa shape index (κ1) is 37.8. The van der Waals surface area contributed by atoms with E-state index in [1.165, 1.54) is 6.92 Å². The molecule has 0 radical (unpaired) electrons. The van der Waals surface area contributed by atoms with Crippen molar-refractivity contribution < 1.29 is 74.1 Å². The highest BCUT2D eigenvalue weighted by atomic mass is 32.2. The van der Waals surface area contributed by atoms with Crippen molar-refractivity contribution in [3.63, 3.8) is 0 Å². The Morgan fingerprint density at radius 2 is 1.56 bits per heavy atom. The Balaban J connectivity index is 1.58. The summed E-state index contributed by atoms with van der Waals surface area (Å²) in [6.07, 6.45) is -13.9. The molecule has 0 bridgehead atoms. The third-order valence-corrected chi connectivity index (χ3v) is 13.1. The van der Waals surface area contributed by atoms with E-state index in [4.69, 9.17) is 0 Å². The topological polar surface area (TPSA) is 97.8 Å². The van der Waals surface area contributed by atoms with Gasteiger partial charge in [0.2, 0.25) is 5.91 Å². The molecule has 2 aliphatic carbocycles. The number of amides is 1. The van der Waals surface area contributed by atoms with Gasteiger partial charge in [0.1, 0.15) is 16.3 Å². The molecular formula is C30H26F11NO6S2.